The Balaban J connectivity index is 1.73. The Morgan fingerprint density at radius 1 is 1.00 bits per heavy atom. The number of aromatic nitrogens is 2. The number of amides is 2. The lowest BCUT2D eigenvalue weighted by atomic mass is 10.2. The molecule has 6 nitrogen and oxygen atoms in total. The zero-order chi connectivity index (χ0) is 16.4. The molecule has 0 atom stereocenters. The first-order valence-electron chi connectivity index (χ1n) is 6.54. The first-order chi connectivity index (χ1) is 11.0. The zero-order valence-electron chi connectivity index (χ0n) is 11.6. The SMILES string of the molecule is O=C(Nc1ccc2cn[nH]c2c1)C(=O)Nc1c(Cl)cccc1Cl. The van der Waals surface area contributed by atoms with Crippen molar-refractivity contribution in [2.75, 3.05) is 10.6 Å². The highest BCUT2D eigenvalue weighted by molar-refractivity contribution is 6.46. The van der Waals surface area contributed by atoms with Gasteiger partial charge >= 0.3 is 11.8 Å². The number of aromatic amines is 1. The van der Waals surface area contributed by atoms with Gasteiger partial charge in [-0.2, -0.15) is 5.10 Å². The minimum Gasteiger partial charge on any atom is -0.318 e. The van der Waals surface area contributed by atoms with Gasteiger partial charge in [-0.25, -0.2) is 0 Å². The molecule has 0 spiro atoms. The van der Waals surface area contributed by atoms with Crippen molar-refractivity contribution in [3.8, 4) is 0 Å². The van der Waals surface area contributed by atoms with Gasteiger partial charge in [0.2, 0.25) is 0 Å². The summed E-state index contributed by atoms with van der Waals surface area (Å²) in [6, 6.07) is 9.89. The zero-order valence-corrected chi connectivity index (χ0v) is 13.1. The molecule has 2 amide bonds. The predicted molar refractivity (Wildman–Crippen MR) is 89.8 cm³/mol. The first-order valence-corrected chi connectivity index (χ1v) is 7.29. The van der Waals surface area contributed by atoms with E-state index in [4.69, 9.17) is 23.2 Å². The number of halogens is 2. The third kappa shape index (κ3) is 3.28. The van der Waals surface area contributed by atoms with E-state index in [-0.39, 0.29) is 15.7 Å². The standard InChI is InChI=1S/C15H10Cl2N4O2/c16-10-2-1-3-11(17)13(10)20-15(23)14(22)19-9-5-4-8-7-18-21-12(8)6-9/h1-7H,(H,18,21)(H,19,22)(H,20,23). The number of para-hydroxylation sites is 1. The summed E-state index contributed by atoms with van der Waals surface area (Å²) < 4.78 is 0. The van der Waals surface area contributed by atoms with Crippen LogP contribution in [0.25, 0.3) is 10.9 Å². The number of nitrogens with zero attached hydrogens (tertiary/aromatic N) is 1. The number of carbonyl (C=O) groups excluding carboxylic acids is 2. The maximum Gasteiger partial charge on any atom is 0.314 e. The van der Waals surface area contributed by atoms with Gasteiger partial charge in [-0.3, -0.25) is 14.7 Å². The van der Waals surface area contributed by atoms with Gasteiger partial charge in [-0.1, -0.05) is 29.3 Å². The second-order valence-electron chi connectivity index (χ2n) is 4.68. The van der Waals surface area contributed by atoms with Crippen molar-refractivity contribution in [1.29, 1.82) is 0 Å². The topological polar surface area (TPSA) is 86.9 Å². The van der Waals surface area contributed by atoms with Crippen molar-refractivity contribution in [1.82, 2.24) is 10.2 Å². The Labute approximate surface area is 140 Å². The highest BCUT2D eigenvalue weighted by Crippen LogP contribution is 2.29. The molecule has 0 aliphatic carbocycles. The molecule has 3 rings (SSSR count). The lowest BCUT2D eigenvalue weighted by Gasteiger charge is -2.09. The molecule has 3 aromatic rings. The maximum absolute atomic E-state index is 12.0. The van der Waals surface area contributed by atoms with Crippen LogP contribution in [0.3, 0.4) is 0 Å². The van der Waals surface area contributed by atoms with Crippen molar-refractivity contribution >= 4 is 57.3 Å². The fourth-order valence-corrected chi connectivity index (χ4v) is 2.48. The molecule has 0 fully saturated rings. The second-order valence-corrected chi connectivity index (χ2v) is 5.49. The Morgan fingerprint density at radius 2 is 1.70 bits per heavy atom. The minimum atomic E-state index is -0.871. The van der Waals surface area contributed by atoms with Crippen LogP contribution in [0.15, 0.2) is 42.6 Å². The van der Waals surface area contributed by atoms with Crippen molar-refractivity contribution in [2.45, 2.75) is 0 Å². The summed E-state index contributed by atoms with van der Waals surface area (Å²) in [5.74, 6) is -1.70. The van der Waals surface area contributed by atoms with Crippen molar-refractivity contribution in [3.05, 3.63) is 52.6 Å². The van der Waals surface area contributed by atoms with Crippen molar-refractivity contribution in [2.24, 2.45) is 0 Å². The van der Waals surface area contributed by atoms with Gasteiger partial charge in [0.1, 0.15) is 0 Å². The number of nitrogens with one attached hydrogen (secondary N) is 3. The number of fused-ring (bicyclic) bond motifs is 1. The number of hydrogen-bond acceptors (Lipinski definition) is 3. The molecule has 8 heteroatoms. The maximum atomic E-state index is 12.0. The summed E-state index contributed by atoms with van der Waals surface area (Å²) in [6.45, 7) is 0. The molecule has 0 saturated heterocycles. The van der Waals surface area contributed by atoms with E-state index in [1.54, 1.807) is 42.6 Å². The number of carbonyl (C=O) groups is 2. The summed E-state index contributed by atoms with van der Waals surface area (Å²) in [5.41, 5.74) is 1.41. The molecule has 23 heavy (non-hydrogen) atoms. The van der Waals surface area contributed by atoms with Gasteiger partial charge in [0.25, 0.3) is 0 Å². The van der Waals surface area contributed by atoms with E-state index >= 15 is 0 Å². The quantitative estimate of drug-likeness (QED) is 0.620. The lowest BCUT2D eigenvalue weighted by Crippen LogP contribution is -2.29. The third-order valence-electron chi connectivity index (χ3n) is 3.11. The Hall–Kier alpha value is -2.57. The summed E-state index contributed by atoms with van der Waals surface area (Å²) in [6.07, 6.45) is 1.66. The molecule has 2 aromatic carbocycles. The number of anilines is 2. The summed E-state index contributed by atoms with van der Waals surface area (Å²) >= 11 is 11.9. The molecular weight excluding hydrogens is 339 g/mol. The number of hydrogen-bond donors (Lipinski definition) is 3. The molecule has 3 N–H and O–H groups in total. The van der Waals surface area contributed by atoms with Gasteiger partial charge in [-0.15, -0.1) is 0 Å². The normalized spacial score (nSPS) is 10.5. The van der Waals surface area contributed by atoms with Gasteiger partial charge in [-0.05, 0) is 30.3 Å². The molecule has 0 aliphatic rings. The largest absolute Gasteiger partial charge is 0.318 e. The lowest BCUT2D eigenvalue weighted by molar-refractivity contribution is -0.132. The molecule has 116 valence electrons. The van der Waals surface area contributed by atoms with Crippen LogP contribution in [-0.2, 0) is 9.59 Å². The Kier molecular flexibility index (Phi) is 4.18. The van der Waals surface area contributed by atoms with Crippen LogP contribution in [0.2, 0.25) is 10.0 Å². The van der Waals surface area contributed by atoms with Crippen molar-refractivity contribution in [3.63, 3.8) is 0 Å². The Morgan fingerprint density at radius 3 is 2.43 bits per heavy atom. The number of benzene rings is 2. The van der Waals surface area contributed by atoms with Gasteiger partial charge in [0, 0.05) is 11.1 Å². The van der Waals surface area contributed by atoms with E-state index in [0.29, 0.717) is 5.69 Å². The molecule has 0 unspecified atom stereocenters. The molecule has 0 saturated carbocycles. The average Bonchev–Trinajstić information content (AvgIpc) is 2.98. The van der Waals surface area contributed by atoms with E-state index in [2.05, 4.69) is 20.8 Å². The van der Waals surface area contributed by atoms with Gasteiger partial charge < -0.3 is 10.6 Å². The van der Waals surface area contributed by atoms with Crippen LogP contribution in [0.1, 0.15) is 0 Å². The first kappa shape index (κ1) is 15.3. The van der Waals surface area contributed by atoms with Crippen LogP contribution in [0.5, 0.6) is 0 Å². The van der Waals surface area contributed by atoms with Crippen LogP contribution < -0.4 is 10.6 Å². The number of H-pyrrole nitrogens is 1. The monoisotopic (exact) mass is 348 g/mol. The summed E-state index contributed by atoms with van der Waals surface area (Å²) in [5, 5.41) is 13.0. The minimum absolute atomic E-state index is 0.194. The second kappa shape index (κ2) is 6.28. The predicted octanol–water partition coefficient (Wildman–Crippen LogP) is 3.45. The molecule has 0 aliphatic heterocycles. The third-order valence-corrected chi connectivity index (χ3v) is 3.74. The van der Waals surface area contributed by atoms with Crippen LogP contribution >= 0.6 is 23.2 Å². The summed E-state index contributed by atoms with van der Waals surface area (Å²) in [7, 11) is 0. The molecule has 0 radical (unpaired) electrons. The highest BCUT2D eigenvalue weighted by atomic mass is 35.5. The number of rotatable bonds is 2. The molecule has 0 bridgehead atoms. The van der Waals surface area contributed by atoms with Crippen LogP contribution in [0, 0.1) is 0 Å². The van der Waals surface area contributed by atoms with E-state index in [1.165, 1.54) is 0 Å². The van der Waals surface area contributed by atoms with Gasteiger partial charge in [0.05, 0.1) is 27.4 Å². The van der Waals surface area contributed by atoms with Crippen LogP contribution in [-0.4, -0.2) is 22.0 Å². The highest BCUT2D eigenvalue weighted by Gasteiger charge is 2.17. The molecule has 1 heterocycles. The fraction of sp³-hybridized carbons (Fsp3) is 0. The smallest absolute Gasteiger partial charge is 0.314 e. The summed E-state index contributed by atoms with van der Waals surface area (Å²) in [4.78, 5) is 24.0. The molecular formula is C15H10Cl2N4O2. The van der Waals surface area contributed by atoms with Crippen LogP contribution in [0.4, 0.5) is 11.4 Å². The molecule has 1 aromatic heterocycles. The van der Waals surface area contributed by atoms with E-state index in [9.17, 15) is 9.59 Å². The van der Waals surface area contributed by atoms with E-state index in [1.807, 2.05) is 0 Å². The van der Waals surface area contributed by atoms with E-state index in [0.717, 1.165) is 10.9 Å². The Bertz CT molecular complexity index is 887. The van der Waals surface area contributed by atoms with Gasteiger partial charge in [0.15, 0.2) is 0 Å². The fourth-order valence-electron chi connectivity index (χ4n) is 1.99. The van der Waals surface area contributed by atoms with Crippen molar-refractivity contribution < 1.29 is 9.59 Å². The van der Waals surface area contributed by atoms with E-state index < -0.39 is 11.8 Å². The average molecular weight is 349 g/mol.